The van der Waals surface area contributed by atoms with E-state index < -0.39 is 5.76 Å². The topological polar surface area (TPSA) is 61.3 Å². The highest BCUT2D eigenvalue weighted by molar-refractivity contribution is 5.86. The molecule has 1 atom stereocenters. The summed E-state index contributed by atoms with van der Waals surface area (Å²) in [5, 5.41) is 3.35. The number of rotatable bonds is 1. The molecule has 0 radical (unpaired) electrons. The number of hydrogen-bond acceptors (Lipinski definition) is 4. The van der Waals surface area contributed by atoms with E-state index in [9.17, 15) is 4.79 Å². The molecule has 3 rings (SSSR count). The lowest BCUT2D eigenvalue weighted by Crippen LogP contribution is -2.49. The van der Waals surface area contributed by atoms with Gasteiger partial charge in [0.05, 0.1) is 11.2 Å². The first-order valence-corrected chi connectivity index (χ1v) is 5.85. The molecule has 0 saturated carbocycles. The van der Waals surface area contributed by atoms with Crippen LogP contribution in [0.1, 0.15) is 6.92 Å². The number of para-hydroxylation sites is 1. The van der Waals surface area contributed by atoms with E-state index in [0.29, 0.717) is 11.6 Å². The molecular weight excluding hydrogens is 218 g/mol. The monoisotopic (exact) mass is 233 g/mol. The first-order valence-electron chi connectivity index (χ1n) is 5.85. The van der Waals surface area contributed by atoms with Gasteiger partial charge in [-0.05, 0) is 19.1 Å². The van der Waals surface area contributed by atoms with Crippen LogP contribution >= 0.6 is 0 Å². The molecule has 1 aliphatic heterocycles. The third-order valence-electron chi connectivity index (χ3n) is 3.24. The third-order valence-corrected chi connectivity index (χ3v) is 3.24. The second-order valence-electron chi connectivity index (χ2n) is 4.41. The molecule has 1 aromatic heterocycles. The Balaban J connectivity index is 2.12. The smallest absolute Gasteiger partial charge is 0.406 e. The standard InChI is InChI=1S/C12H15N3O2/c1-8-7-13-5-6-15(8)10-4-2-3-9-11(10)17-12(16)14-9/h2-4,8,13H,5-7H2,1H3,(H,14,16). The van der Waals surface area contributed by atoms with E-state index in [4.69, 9.17) is 4.42 Å². The maximum Gasteiger partial charge on any atom is 0.417 e. The predicted octanol–water partition coefficient (Wildman–Crippen LogP) is 0.919. The SMILES string of the molecule is CC1CNCCN1c1cccc2[nH]c(=O)oc12. The van der Waals surface area contributed by atoms with E-state index in [-0.39, 0.29) is 0 Å². The molecule has 1 fully saturated rings. The van der Waals surface area contributed by atoms with Gasteiger partial charge in [-0.15, -0.1) is 0 Å². The number of nitrogens with one attached hydrogen (secondary N) is 2. The number of anilines is 1. The first kappa shape index (κ1) is 10.4. The highest BCUT2D eigenvalue weighted by Gasteiger charge is 2.21. The van der Waals surface area contributed by atoms with Gasteiger partial charge >= 0.3 is 5.76 Å². The molecule has 5 heteroatoms. The number of oxazole rings is 1. The van der Waals surface area contributed by atoms with E-state index in [1.165, 1.54) is 0 Å². The minimum atomic E-state index is -0.393. The molecule has 2 aromatic rings. The molecule has 17 heavy (non-hydrogen) atoms. The van der Waals surface area contributed by atoms with Crippen LogP contribution in [0.5, 0.6) is 0 Å². The van der Waals surface area contributed by atoms with E-state index in [1.54, 1.807) is 0 Å². The Kier molecular flexibility index (Phi) is 2.40. The second-order valence-corrected chi connectivity index (χ2v) is 4.41. The van der Waals surface area contributed by atoms with E-state index in [0.717, 1.165) is 30.8 Å². The van der Waals surface area contributed by atoms with Crippen LogP contribution in [0.2, 0.25) is 0 Å². The molecule has 90 valence electrons. The lowest BCUT2D eigenvalue weighted by atomic mass is 10.1. The highest BCUT2D eigenvalue weighted by atomic mass is 16.4. The first-order chi connectivity index (χ1) is 8.25. The van der Waals surface area contributed by atoms with Crippen molar-refractivity contribution in [2.45, 2.75) is 13.0 Å². The summed E-state index contributed by atoms with van der Waals surface area (Å²) in [6.45, 7) is 4.99. The number of aromatic amines is 1. The number of nitrogens with zero attached hydrogens (tertiary/aromatic N) is 1. The van der Waals surface area contributed by atoms with Crippen LogP contribution < -0.4 is 16.0 Å². The van der Waals surface area contributed by atoms with Crippen molar-refractivity contribution in [3.63, 3.8) is 0 Å². The maximum absolute atomic E-state index is 11.3. The number of H-pyrrole nitrogens is 1. The van der Waals surface area contributed by atoms with Crippen LogP contribution in [0.25, 0.3) is 11.1 Å². The third kappa shape index (κ3) is 1.72. The number of hydrogen-bond donors (Lipinski definition) is 2. The van der Waals surface area contributed by atoms with Gasteiger partial charge in [-0.3, -0.25) is 4.98 Å². The largest absolute Gasteiger partial charge is 0.417 e. The van der Waals surface area contributed by atoms with Crippen molar-refractivity contribution in [3.8, 4) is 0 Å². The van der Waals surface area contributed by atoms with Crippen LogP contribution in [0.15, 0.2) is 27.4 Å². The predicted molar refractivity (Wildman–Crippen MR) is 66.5 cm³/mol. The summed E-state index contributed by atoms with van der Waals surface area (Å²) in [5.74, 6) is -0.393. The van der Waals surface area contributed by atoms with Crippen molar-refractivity contribution in [2.24, 2.45) is 0 Å². The Labute approximate surface area is 98.4 Å². The van der Waals surface area contributed by atoms with Crippen molar-refractivity contribution in [2.75, 3.05) is 24.5 Å². The van der Waals surface area contributed by atoms with Gasteiger partial charge in [0.1, 0.15) is 0 Å². The highest BCUT2D eigenvalue weighted by Crippen LogP contribution is 2.26. The molecule has 0 bridgehead atoms. The molecule has 0 amide bonds. The van der Waals surface area contributed by atoms with Crippen LogP contribution in [-0.4, -0.2) is 30.7 Å². The van der Waals surface area contributed by atoms with Gasteiger partial charge < -0.3 is 14.6 Å². The zero-order valence-corrected chi connectivity index (χ0v) is 9.69. The number of fused-ring (bicyclic) bond motifs is 1. The number of benzene rings is 1. The second kappa shape index (κ2) is 3.92. The van der Waals surface area contributed by atoms with Crippen LogP contribution in [0.4, 0.5) is 5.69 Å². The molecule has 5 nitrogen and oxygen atoms in total. The Bertz CT molecular complexity index is 587. The van der Waals surface area contributed by atoms with Crippen molar-refractivity contribution in [1.82, 2.24) is 10.3 Å². The van der Waals surface area contributed by atoms with E-state index >= 15 is 0 Å². The normalized spacial score (nSPS) is 21.0. The Morgan fingerprint density at radius 3 is 3.18 bits per heavy atom. The molecular formula is C12H15N3O2. The maximum atomic E-state index is 11.3. The Hall–Kier alpha value is -1.75. The molecule has 1 unspecified atom stereocenters. The van der Waals surface area contributed by atoms with Crippen molar-refractivity contribution in [3.05, 3.63) is 28.7 Å². The summed E-state index contributed by atoms with van der Waals surface area (Å²) in [4.78, 5) is 16.2. The fourth-order valence-corrected chi connectivity index (χ4v) is 2.38. The number of aromatic nitrogens is 1. The minimum Gasteiger partial charge on any atom is -0.406 e. The van der Waals surface area contributed by atoms with Gasteiger partial charge in [-0.1, -0.05) is 6.07 Å². The quantitative estimate of drug-likeness (QED) is 0.769. The summed E-state index contributed by atoms with van der Waals surface area (Å²) >= 11 is 0. The van der Waals surface area contributed by atoms with Crippen LogP contribution in [-0.2, 0) is 0 Å². The van der Waals surface area contributed by atoms with Gasteiger partial charge in [0.15, 0.2) is 5.58 Å². The van der Waals surface area contributed by atoms with Crippen molar-refractivity contribution in [1.29, 1.82) is 0 Å². The zero-order chi connectivity index (χ0) is 11.8. The van der Waals surface area contributed by atoms with Crippen molar-refractivity contribution < 1.29 is 4.42 Å². The zero-order valence-electron chi connectivity index (χ0n) is 9.69. The average Bonchev–Trinajstić information content (AvgIpc) is 2.70. The summed E-state index contributed by atoms with van der Waals surface area (Å²) in [6, 6.07) is 6.20. The van der Waals surface area contributed by atoms with Gasteiger partial charge in [-0.25, -0.2) is 4.79 Å². The van der Waals surface area contributed by atoms with Gasteiger partial charge in [0.25, 0.3) is 0 Å². The van der Waals surface area contributed by atoms with E-state index in [2.05, 4.69) is 22.1 Å². The van der Waals surface area contributed by atoms with Crippen LogP contribution in [0.3, 0.4) is 0 Å². The van der Waals surface area contributed by atoms with Crippen LogP contribution in [0, 0.1) is 0 Å². The lowest BCUT2D eigenvalue weighted by molar-refractivity contribution is 0.496. The van der Waals surface area contributed by atoms with Gasteiger partial charge in [0, 0.05) is 25.7 Å². The van der Waals surface area contributed by atoms with E-state index in [1.807, 2.05) is 18.2 Å². The molecule has 1 saturated heterocycles. The molecule has 1 aliphatic rings. The molecule has 0 spiro atoms. The number of piperazine rings is 1. The fraction of sp³-hybridized carbons (Fsp3) is 0.417. The fourth-order valence-electron chi connectivity index (χ4n) is 2.38. The Morgan fingerprint density at radius 2 is 2.35 bits per heavy atom. The summed E-state index contributed by atoms with van der Waals surface area (Å²) in [7, 11) is 0. The summed E-state index contributed by atoms with van der Waals surface area (Å²) in [5.41, 5.74) is 2.42. The molecule has 2 N–H and O–H groups in total. The van der Waals surface area contributed by atoms with Gasteiger partial charge in [0.2, 0.25) is 0 Å². The molecule has 1 aromatic carbocycles. The molecule has 2 heterocycles. The average molecular weight is 233 g/mol. The van der Waals surface area contributed by atoms with Crippen molar-refractivity contribution >= 4 is 16.8 Å². The minimum absolute atomic E-state index is 0.393. The summed E-state index contributed by atoms with van der Waals surface area (Å²) < 4.78 is 5.23. The lowest BCUT2D eigenvalue weighted by Gasteiger charge is -2.35. The summed E-state index contributed by atoms with van der Waals surface area (Å²) in [6.07, 6.45) is 0. The van der Waals surface area contributed by atoms with Gasteiger partial charge in [-0.2, -0.15) is 0 Å². The molecule has 0 aliphatic carbocycles. The Morgan fingerprint density at radius 1 is 1.47 bits per heavy atom.